The van der Waals surface area contributed by atoms with E-state index in [-0.39, 0.29) is 0 Å². The van der Waals surface area contributed by atoms with Gasteiger partial charge < -0.3 is 9.52 Å². The molecule has 0 aliphatic heterocycles. The molecule has 3 heteroatoms. The number of benzene rings is 2. The van der Waals surface area contributed by atoms with E-state index in [0.29, 0.717) is 12.3 Å². The minimum absolute atomic E-state index is 0.705. The molecule has 1 aromatic heterocycles. The first-order chi connectivity index (χ1) is 14.5. The Morgan fingerprint density at radius 2 is 1.37 bits per heavy atom. The van der Waals surface area contributed by atoms with Gasteiger partial charge in [0.05, 0.1) is 6.54 Å². The second-order valence-electron chi connectivity index (χ2n) is 8.41. The topological polar surface area (TPSA) is 36.6 Å². The van der Waals surface area contributed by atoms with Gasteiger partial charge in [0.15, 0.2) is 0 Å². The second kappa shape index (κ2) is 10.6. The van der Waals surface area contributed by atoms with Crippen LogP contribution in [0.25, 0.3) is 0 Å². The number of aryl methyl sites for hydroxylation is 1. The van der Waals surface area contributed by atoms with Crippen LogP contribution in [0.5, 0.6) is 0 Å². The van der Waals surface area contributed by atoms with E-state index in [9.17, 15) is 5.11 Å². The third kappa shape index (κ3) is 6.07. The molecule has 1 N–H and O–H groups in total. The summed E-state index contributed by atoms with van der Waals surface area (Å²) in [5.74, 6) is 1.61. The predicted octanol–water partition coefficient (Wildman–Crippen LogP) is 6.58. The molecule has 0 saturated heterocycles. The van der Waals surface area contributed by atoms with Crippen LogP contribution in [-0.4, -0.2) is 10.0 Å². The Hall–Kier alpha value is -2.36. The van der Waals surface area contributed by atoms with Gasteiger partial charge in [-0.3, -0.25) is 4.90 Å². The lowest BCUT2D eigenvalue weighted by Gasteiger charge is -2.25. The van der Waals surface area contributed by atoms with Crippen molar-refractivity contribution < 1.29 is 9.52 Å². The minimum Gasteiger partial charge on any atom is -0.462 e. The fraction of sp³-hybridized carbons (Fsp3) is 0.407. The largest absolute Gasteiger partial charge is 0.462 e. The third-order valence-corrected chi connectivity index (χ3v) is 5.60. The van der Waals surface area contributed by atoms with Gasteiger partial charge in [-0.1, -0.05) is 86.8 Å². The first-order valence-corrected chi connectivity index (χ1v) is 11.2. The van der Waals surface area contributed by atoms with E-state index < -0.39 is 5.60 Å². The van der Waals surface area contributed by atoms with Gasteiger partial charge in [-0.15, -0.1) is 0 Å². The first-order valence-electron chi connectivity index (χ1n) is 11.2. The predicted molar refractivity (Wildman–Crippen MR) is 123 cm³/mol. The van der Waals surface area contributed by atoms with Crippen molar-refractivity contribution in [1.82, 2.24) is 4.90 Å². The molecule has 0 saturated carbocycles. The molecule has 0 bridgehead atoms. The van der Waals surface area contributed by atoms with Crippen LogP contribution < -0.4 is 0 Å². The smallest absolute Gasteiger partial charge is 0.135 e. The second-order valence-corrected chi connectivity index (χ2v) is 8.41. The highest BCUT2D eigenvalue weighted by molar-refractivity contribution is 5.22. The van der Waals surface area contributed by atoms with E-state index in [2.05, 4.69) is 80.3 Å². The number of furan rings is 1. The van der Waals surface area contributed by atoms with E-state index >= 15 is 0 Å². The zero-order valence-corrected chi connectivity index (χ0v) is 18.6. The fourth-order valence-electron chi connectivity index (χ4n) is 4.09. The molecule has 0 unspecified atom stereocenters. The van der Waals surface area contributed by atoms with Crippen molar-refractivity contribution in [3.05, 3.63) is 94.9 Å². The molecule has 0 atom stereocenters. The van der Waals surface area contributed by atoms with Crippen LogP contribution in [0.4, 0.5) is 0 Å². The van der Waals surface area contributed by atoms with Crippen molar-refractivity contribution in [3.8, 4) is 0 Å². The van der Waals surface area contributed by atoms with Crippen LogP contribution in [-0.2, 0) is 25.2 Å². The zero-order valence-electron chi connectivity index (χ0n) is 18.6. The molecule has 0 aliphatic carbocycles. The third-order valence-electron chi connectivity index (χ3n) is 5.60. The van der Waals surface area contributed by atoms with Crippen LogP contribution >= 0.6 is 0 Å². The normalized spacial score (nSPS) is 11.9. The van der Waals surface area contributed by atoms with Gasteiger partial charge >= 0.3 is 0 Å². The van der Waals surface area contributed by atoms with Crippen molar-refractivity contribution in [1.29, 1.82) is 0 Å². The molecule has 0 radical (unpaired) electrons. The molecular formula is C27H35NO2. The lowest BCUT2D eigenvalue weighted by Crippen LogP contribution is -2.25. The summed E-state index contributed by atoms with van der Waals surface area (Å²) in [5, 5.41) is 11.1. The Morgan fingerprint density at radius 1 is 0.767 bits per heavy atom. The summed E-state index contributed by atoms with van der Waals surface area (Å²) in [6, 6.07) is 23.3. The van der Waals surface area contributed by atoms with Gasteiger partial charge in [-0.05, 0) is 43.0 Å². The number of nitrogens with zero attached hydrogens (tertiary/aromatic N) is 1. The molecule has 3 aromatic rings. The number of aliphatic hydroxyl groups is 1. The van der Waals surface area contributed by atoms with Crippen LogP contribution in [0, 0.1) is 6.92 Å². The molecule has 0 spiro atoms. The maximum atomic E-state index is 11.1. The van der Waals surface area contributed by atoms with E-state index in [1.165, 1.54) is 16.7 Å². The van der Waals surface area contributed by atoms with E-state index in [4.69, 9.17) is 4.42 Å². The molecule has 3 nitrogen and oxygen atoms in total. The van der Waals surface area contributed by atoms with Gasteiger partial charge in [-0.2, -0.15) is 0 Å². The highest BCUT2D eigenvalue weighted by Gasteiger charge is 2.31. The number of hydrogen-bond donors (Lipinski definition) is 1. The molecule has 0 amide bonds. The fourth-order valence-corrected chi connectivity index (χ4v) is 4.09. The summed E-state index contributed by atoms with van der Waals surface area (Å²) in [5.41, 5.74) is 2.99. The molecule has 30 heavy (non-hydrogen) atoms. The standard InChI is InChI=1S/C27H35NO2/c1-4-17-27(29,18-5-2)26-16-15-25(30-26)21-28(19-23-9-7-6-8-10-23)20-24-13-11-22(3)12-14-24/h6-16,29H,4-5,17-21H2,1-3H3. The van der Waals surface area contributed by atoms with Gasteiger partial charge in [0.2, 0.25) is 0 Å². The van der Waals surface area contributed by atoms with Gasteiger partial charge in [0.25, 0.3) is 0 Å². The van der Waals surface area contributed by atoms with Crippen LogP contribution in [0.2, 0.25) is 0 Å². The molecular weight excluding hydrogens is 370 g/mol. The maximum absolute atomic E-state index is 11.1. The lowest BCUT2D eigenvalue weighted by atomic mass is 9.90. The summed E-state index contributed by atoms with van der Waals surface area (Å²) in [4.78, 5) is 2.39. The summed E-state index contributed by atoms with van der Waals surface area (Å²) in [6.45, 7) is 8.72. The molecule has 1 heterocycles. The Labute approximate surface area is 181 Å². The first kappa shape index (κ1) is 22.3. The Morgan fingerprint density at radius 3 is 1.97 bits per heavy atom. The summed E-state index contributed by atoms with van der Waals surface area (Å²) in [6.07, 6.45) is 3.32. The average Bonchev–Trinajstić information content (AvgIpc) is 3.20. The van der Waals surface area contributed by atoms with Crippen molar-refractivity contribution in [2.24, 2.45) is 0 Å². The van der Waals surface area contributed by atoms with E-state index in [0.717, 1.165) is 44.5 Å². The van der Waals surface area contributed by atoms with Crippen LogP contribution in [0.1, 0.15) is 67.7 Å². The maximum Gasteiger partial charge on any atom is 0.135 e. The summed E-state index contributed by atoms with van der Waals surface area (Å²) >= 11 is 0. The average molecular weight is 406 g/mol. The van der Waals surface area contributed by atoms with Crippen molar-refractivity contribution in [3.63, 3.8) is 0 Å². The van der Waals surface area contributed by atoms with Crippen LogP contribution in [0.15, 0.2) is 71.1 Å². The molecule has 160 valence electrons. The summed E-state index contributed by atoms with van der Waals surface area (Å²) < 4.78 is 6.19. The minimum atomic E-state index is -0.858. The highest BCUT2D eigenvalue weighted by atomic mass is 16.4. The summed E-state index contributed by atoms with van der Waals surface area (Å²) in [7, 11) is 0. The number of hydrogen-bond acceptors (Lipinski definition) is 3. The van der Waals surface area contributed by atoms with Crippen molar-refractivity contribution >= 4 is 0 Å². The zero-order chi connectivity index (χ0) is 21.4. The Bertz CT molecular complexity index is 877. The SMILES string of the molecule is CCCC(O)(CCC)c1ccc(CN(Cc2ccccc2)Cc2ccc(C)cc2)o1. The quantitative estimate of drug-likeness (QED) is 0.391. The monoisotopic (exact) mass is 405 g/mol. The molecule has 0 fully saturated rings. The van der Waals surface area contributed by atoms with Crippen LogP contribution in [0.3, 0.4) is 0 Å². The molecule has 0 aliphatic rings. The van der Waals surface area contributed by atoms with Gasteiger partial charge in [0, 0.05) is 13.1 Å². The number of rotatable bonds is 11. The van der Waals surface area contributed by atoms with Crippen molar-refractivity contribution in [2.75, 3.05) is 0 Å². The molecule has 2 aromatic carbocycles. The van der Waals surface area contributed by atoms with E-state index in [1.54, 1.807) is 0 Å². The van der Waals surface area contributed by atoms with Crippen molar-refractivity contribution in [2.45, 2.75) is 71.7 Å². The Balaban J connectivity index is 1.78. The molecule has 3 rings (SSSR count). The Kier molecular flexibility index (Phi) is 7.89. The van der Waals surface area contributed by atoms with Gasteiger partial charge in [0.1, 0.15) is 17.1 Å². The highest BCUT2D eigenvalue weighted by Crippen LogP contribution is 2.33. The van der Waals surface area contributed by atoms with Gasteiger partial charge in [-0.25, -0.2) is 0 Å². The van der Waals surface area contributed by atoms with E-state index in [1.807, 2.05) is 12.1 Å². The lowest BCUT2D eigenvalue weighted by molar-refractivity contribution is -0.00525.